The van der Waals surface area contributed by atoms with Crippen LogP contribution in [-0.2, 0) is 5.41 Å². The van der Waals surface area contributed by atoms with Crippen LogP contribution in [-0.4, -0.2) is 20.3 Å². The van der Waals surface area contributed by atoms with Gasteiger partial charge in [-0.25, -0.2) is 0 Å². The lowest BCUT2D eigenvalue weighted by Crippen LogP contribution is -2.64. The Morgan fingerprint density at radius 3 is 1.98 bits per heavy atom. The van der Waals surface area contributed by atoms with Gasteiger partial charge in [-0.15, -0.1) is 0 Å². The molecule has 47 heavy (non-hydrogen) atoms. The second kappa shape index (κ2) is 9.20. The van der Waals surface area contributed by atoms with Gasteiger partial charge >= 0.3 is 0 Å². The number of para-hydroxylation sites is 1. The Morgan fingerprint density at radius 2 is 1.23 bits per heavy atom. The lowest BCUT2D eigenvalue weighted by atomic mass is 9.32. The molecule has 0 bridgehead atoms. The summed E-state index contributed by atoms with van der Waals surface area (Å²) in [5, 5.41) is 6.87. The van der Waals surface area contributed by atoms with Crippen molar-refractivity contribution in [3.05, 3.63) is 115 Å². The van der Waals surface area contributed by atoms with Gasteiger partial charge in [0.05, 0.1) is 13.6 Å². The van der Waals surface area contributed by atoms with Crippen LogP contribution in [0.2, 0.25) is 19.6 Å². The molecule has 1 aliphatic carbocycles. The van der Waals surface area contributed by atoms with Gasteiger partial charge in [-0.3, -0.25) is 0 Å². The SMILES string of the molecule is CC12CCCCC1(C)N1c3ccccc3B3c4c(ccc2c41)N(c1ccc([Si](C)(C)C)cc1)c1c3c2ccccc2c2ccccc12. The number of fused-ring (bicyclic) bond motifs is 13. The summed E-state index contributed by atoms with van der Waals surface area (Å²) < 4.78 is 0. The standard InChI is InChI=1S/C43H41BN2Si/c1-42-26-12-13-27-43(42,2)46-36-19-11-10-18-35(36)44-38-32-16-8-6-14-30(32)31-15-7-9-17-33(31)40(38)45(37-25-24-34(42)41(46)39(37)44)28-20-22-29(23-21-28)47(3,4)5/h6-11,14-25H,12-13,26-27H2,1-5H3. The molecule has 2 nitrogen and oxygen atoms in total. The van der Waals surface area contributed by atoms with Crippen LogP contribution in [0.3, 0.4) is 0 Å². The number of nitrogens with zero attached hydrogens (tertiary/aromatic N) is 2. The minimum atomic E-state index is -1.45. The molecule has 0 saturated heterocycles. The Bertz CT molecular complexity index is 2300. The fourth-order valence-electron chi connectivity index (χ4n) is 10.2. The van der Waals surface area contributed by atoms with Crippen LogP contribution < -0.4 is 31.4 Å². The normalized spacial score (nSPS) is 22.3. The van der Waals surface area contributed by atoms with Crippen molar-refractivity contribution in [3.8, 4) is 0 Å². The van der Waals surface area contributed by atoms with Gasteiger partial charge < -0.3 is 9.80 Å². The minimum absolute atomic E-state index is 0.0410. The largest absolute Gasteiger partial charge is 0.335 e. The highest BCUT2D eigenvalue weighted by atomic mass is 28.3. The van der Waals surface area contributed by atoms with Crippen LogP contribution in [0.4, 0.5) is 28.4 Å². The molecule has 0 aromatic heterocycles. The summed E-state index contributed by atoms with van der Waals surface area (Å²) in [4.78, 5) is 5.47. The molecule has 3 aliphatic heterocycles. The molecule has 0 N–H and O–H groups in total. The van der Waals surface area contributed by atoms with Crippen molar-refractivity contribution in [3.63, 3.8) is 0 Å². The topological polar surface area (TPSA) is 6.48 Å². The second-order valence-corrected chi connectivity index (χ2v) is 21.1. The average molecular weight is 625 g/mol. The van der Waals surface area contributed by atoms with Gasteiger partial charge in [0, 0.05) is 39.2 Å². The molecule has 1 fully saturated rings. The molecule has 0 radical (unpaired) electrons. The van der Waals surface area contributed by atoms with E-state index >= 15 is 0 Å². The predicted octanol–water partition coefficient (Wildman–Crippen LogP) is 8.89. The summed E-state index contributed by atoms with van der Waals surface area (Å²) in [5.41, 5.74) is 12.9. The predicted molar refractivity (Wildman–Crippen MR) is 207 cm³/mol. The minimum Gasteiger partial charge on any atom is -0.335 e. The summed E-state index contributed by atoms with van der Waals surface area (Å²) in [6.07, 6.45) is 5.05. The zero-order chi connectivity index (χ0) is 31.9. The zero-order valence-corrected chi connectivity index (χ0v) is 29.2. The van der Waals surface area contributed by atoms with E-state index in [4.69, 9.17) is 0 Å². The summed E-state index contributed by atoms with van der Waals surface area (Å²) in [6, 6.07) is 42.4. The van der Waals surface area contributed by atoms with Gasteiger partial charge in [0.15, 0.2) is 0 Å². The fourth-order valence-corrected chi connectivity index (χ4v) is 11.4. The molecular formula is C43H41BN2Si. The molecule has 6 aromatic carbocycles. The summed E-state index contributed by atoms with van der Waals surface area (Å²) in [7, 11) is -1.45. The number of hydrogen-bond donors (Lipinski definition) is 0. The highest BCUT2D eigenvalue weighted by molar-refractivity contribution is 7.02. The molecule has 4 aliphatic rings. The van der Waals surface area contributed by atoms with Crippen LogP contribution in [0.5, 0.6) is 0 Å². The molecule has 4 heteroatoms. The Hall–Kier alpha value is -4.28. The van der Waals surface area contributed by atoms with Crippen molar-refractivity contribution < 1.29 is 0 Å². The smallest absolute Gasteiger partial charge is 0.252 e. The lowest BCUT2D eigenvalue weighted by molar-refractivity contribution is 0.195. The highest BCUT2D eigenvalue weighted by Crippen LogP contribution is 2.62. The van der Waals surface area contributed by atoms with E-state index in [2.05, 4.69) is 152 Å². The molecular weight excluding hydrogens is 583 g/mol. The molecule has 1 saturated carbocycles. The monoisotopic (exact) mass is 624 g/mol. The molecule has 6 aromatic rings. The van der Waals surface area contributed by atoms with E-state index in [1.54, 1.807) is 5.56 Å². The van der Waals surface area contributed by atoms with E-state index in [1.807, 2.05) is 0 Å². The lowest BCUT2D eigenvalue weighted by Gasteiger charge is -2.52. The molecule has 10 rings (SSSR count). The number of anilines is 5. The fraction of sp³-hybridized carbons (Fsp3) is 0.256. The molecule has 230 valence electrons. The third kappa shape index (κ3) is 3.37. The second-order valence-electron chi connectivity index (χ2n) is 16.0. The first kappa shape index (κ1) is 27.8. The van der Waals surface area contributed by atoms with Crippen LogP contribution in [0.15, 0.2) is 109 Å². The van der Waals surface area contributed by atoms with Crippen molar-refractivity contribution in [1.29, 1.82) is 0 Å². The third-order valence-corrected chi connectivity index (χ3v) is 14.8. The maximum Gasteiger partial charge on any atom is 0.252 e. The van der Waals surface area contributed by atoms with Gasteiger partial charge in [-0.2, -0.15) is 0 Å². The van der Waals surface area contributed by atoms with Gasteiger partial charge in [-0.05, 0) is 82.1 Å². The van der Waals surface area contributed by atoms with E-state index in [0.29, 0.717) is 0 Å². The Balaban J connectivity index is 1.39. The van der Waals surface area contributed by atoms with Crippen LogP contribution in [0, 0.1) is 0 Å². The van der Waals surface area contributed by atoms with E-state index in [9.17, 15) is 0 Å². The molecule has 0 amide bonds. The number of hydrogen-bond acceptors (Lipinski definition) is 2. The average Bonchev–Trinajstić information content (AvgIpc) is 3.30. The summed E-state index contributed by atoms with van der Waals surface area (Å²) in [5.74, 6) is 0. The zero-order valence-electron chi connectivity index (χ0n) is 28.2. The van der Waals surface area contributed by atoms with E-state index in [-0.39, 0.29) is 17.7 Å². The first-order valence-electron chi connectivity index (χ1n) is 17.6. The summed E-state index contributed by atoms with van der Waals surface area (Å²) in [6.45, 7) is 12.6. The van der Waals surface area contributed by atoms with Crippen molar-refractivity contribution in [1.82, 2.24) is 0 Å². The maximum atomic E-state index is 2.83. The van der Waals surface area contributed by atoms with Crippen LogP contribution >= 0.6 is 0 Å². The summed E-state index contributed by atoms with van der Waals surface area (Å²) >= 11 is 0. The quantitative estimate of drug-likeness (QED) is 0.140. The number of rotatable bonds is 2. The molecule has 2 atom stereocenters. The van der Waals surface area contributed by atoms with Crippen molar-refractivity contribution in [2.24, 2.45) is 0 Å². The van der Waals surface area contributed by atoms with Crippen molar-refractivity contribution in [2.75, 3.05) is 9.80 Å². The highest BCUT2D eigenvalue weighted by Gasteiger charge is 2.61. The Morgan fingerprint density at radius 1 is 0.596 bits per heavy atom. The van der Waals surface area contributed by atoms with Crippen molar-refractivity contribution >= 4 is 86.3 Å². The Kier molecular flexibility index (Phi) is 5.44. The number of benzene rings is 6. The van der Waals surface area contributed by atoms with Gasteiger partial charge in [0.1, 0.15) is 0 Å². The molecule has 2 unspecified atom stereocenters. The van der Waals surface area contributed by atoms with Crippen LogP contribution in [0.25, 0.3) is 21.5 Å². The van der Waals surface area contributed by atoms with E-state index < -0.39 is 8.07 Å². The molecule has 0 spiro atoms. The van der Waals surface area contributed by atoms with E-state index in [1.165, 1.54) is 97.2 Å². The first-order chi connectivity index (χ1) is 22.7. The third-order valence-electron chi connectivity index (χ3n) is 12.8. The Labute approximate surface area is 280 Å². The van der Waals surface area contributed by atoms with Gasteiger partial charge in [-0.1, -0.05) is 130 Å². The maximum absolute atomic E-state index is 2.83. The molecule has 3 heterocycles. The van der Waals surface area contributed by atoms with Gasteiger partial charge in [0.2, 0.25) is 0 Å². The first-order valence-corrected chi connectivity index (χ1v) is 21.1. The van der Waals surface area contributed by atoms with Crippen LogP contribution in [0.1, 0.15) is 45.1 Å². The van der Waals surface area contributed by atoms with E-state index in [0.717, 1.165) is 0 Å². The van der Waals surface area contributed by atoms with Gasteiger partial charge in [0.25, 0.3) is 6.71 Å². The van der Waals surface area contributed by atoms with Crippen molar-refractivity contribution in [2.45, 2.75) is 70.1 Å².